The van der Waals surface area contributed by atoms with Gasteiger partial charge in [-0.1, -0.05) is 0 Å². The summed E-state index contributed by atoms with van der Waals surface area (Å²) in [7, 11) is 4.07. The van der Waals surface area contributed by atoms with Crippen LogP contribution < -0.4 is 5.32 Å². The van der Waals surface area contributed by atoms with Crippen molar-refractivity contribution in [3.8, 4) is 0 Å². The predicted octanol–water partition coefficient (Wildman–Crippen LogP) is 1.37. The molecule has 1 aromatic heterocycles. The molecule has 1 aromatic rings. The predicted molar refractivity (Wildman–Crippen MR) is 57.6 cm³/mol. The lowest BCUT2D eigenvalue weighted by atomic mass is 9.85. The Labute approximate surface area is 85.5 Å². The van der Waals surface area contributed by atoms with Gasteiger partial charge in [0.1, 0.15) is 0 Å². The lowest BCUT2D eigenvalue weighted by Gasteiger charge is -2.22. The van der Waals surface area contributed by atoms with Crippen LogP contribution in [-0.4, -0.2) is 23.4 Å². The molecule has 14 heavy (non-hydrogen) atoms. The second-order valence-corrected chi connectivity index (χ2v) is 4.22. The number of likely N-dealkylation sites (N-methyl/N-ethyl adjacent to an activating group) is 1. The highest BCUT2D eigenvalue weighted by Crippen LogP contribution is 2.32. The first-order valence-electron chi connectivity index (χ1n) is 5.41. The molecule has 3 nitrogen and oxygen atoms in total. The molecule has 1 aliphatic carbocycles. The maximum Gasteiger partial charge on any atom is 0.0662 e. The van der Waals surface area contributed by atoms with Gasteiger partial charge in [-0.2, -0.15) is 5.10 Å². The van der Waals surface area contributed by atoms with Crippen LogP contribution in [0.3, 0.4) is 0 Å². The number of aromatic nitrogens is 2. The minimum atomic E-state index is 0.678. The molecule has 0 spiro atoms. The number of rotatable bonds is 2. The molecule has 0 saturated heterocycles. The van der Waals surface area contributed by atoms with Crippen LogP contribution in [0, 0.1) is 6.92 Å². The molecule has 1 unspecified atom stereocenters. The van der Waals surface area contributed by atoms with E-state index in [0.717, 1.165) is 13.0 Å². The minimum absolute atomic E-state index is 0.678. The lowest BCUT2D eigenvalue weighted by molar-refractivity contribution is 0.524. The van der Waals surface area contributed by atoms with Crippen molar-refractivity contribution in [1.82, 2.24) is 15.1 Å². The molecule has 0 amide bonds. The van der Waals surface area contributed by atoms with Crippen molar-refractivity contribution in [2.75, 3.05) is 13.6 Å². The number of nitrogens with one attached hydrogen (secondary N) is 1. The van der Waals surface area contributed by atoms with E-state index < -0.39 is 0 Å². The summed E-state index contributed by atoms with van der Waals surface area (Å²) in [4.78, 5) is 0. The summed E-state index contributed by atoms with van der Waals surface area (Å²) < 4.78 is 2.03. The molecule has 78 valence electrons. The van der Waals surface area contributed by atoms with Gasteiger partial charge in [0.05, 0.1) is 5.69 Å². The van der Waals surface area contributed by atoms with Crippen LogP contribution in [0.25, 0.3) is 0 Å². The maximum atomic E-state index is 4.57. The molecule has 1 aliphatic rings. The molecule has 3 heteroatoms. The summed E-state index contributed by atoms with van der Waals surface area (Å²) in [6.07, 6.45) is 3.76. The summed E-state index contributed by atoms with van der Waals surface area (Å²) in [5, 5.41) is 7.85. The van der Waals surface area contributed by atoms with E-state index in [1.54, 1.807) is 0 Å². The van der Waals surface area contributed by atoms with E-state index in [1.165, 1.54) is 29.8 Å². The van der Waals surface area contributed by atoms with E-state index in [2.05, 4.69) is 17.3 Å². The van der Waals surface area contributed by atoms with Gasteiger partial charge in [0, 0.05) is 24.8 Å². The molecule has 0 radical (unpaired) electrons. The summed E-state index contributed by atoms with van der Waals surface area (Å²) in [6, 6.07) is 0. The third-order valence-electron chi connectivity index (χ3n) is 3.28. The zero-order valence-corrected chi connectivity index (χ0v) is 9.30. The van der Waals surface area contributed by atoms with E-state index in [0.29, 0.717) is 5.92 Å². The van der Waals surface area contributed by atoms with Crippen LogP contribution in [0.5, 0.6) is 0 Å². The summed E-state index contributed by atoms with van der Waals surface area (Å²) in [5.41, 5.74) is 4.18. The third kappa shape index (κ3) is 1.46. The van der Waals surface area contributed by atoms with Crippen LogP contribution in [-0.2, 0) is 13.5 Å². The summed E-state index contributed by atoms with van der Waals surface area (Å²) in [5.74, 6) is 0.678. The second kappa shape index (κ2) is 3.73. The molecule has 1 atom stereocenters. The molecule has 0 aromatic carbocycles. The second-order valence-electron chi connectivity index (χ2n) is 4.22. The molecular formula is C11H19N3. The van der Waals surface area contributed by atoms with Gasteiger partial charge in [-0.15, -0.1) is 0 Å². The van der Waals surface area contributed by atoms with Gasteiger partial charge in [-0.25, -0.2) is 0 Å². The Morgan fingerprint density at radius 3 is 3.07 bits per heavy atom. The van der Waals surface area contributed by atoms with Gasteiger partial charge in [0.15, 0.2) is 0 Å². The first kappa shape index (κ1) is 9.71. The number of nitrogens with zero attached hydrogens (tertiary/aromatic N) is 2. The Balaban J connectivity index is 2.36. The van der Waals surface area contributed by atoms with Crippen molar-refractivity contribution >= 4 is 0 Å². The standard InChI is InChI=1S/C11H19N3/c1-8-11-9(7-12-2)5-4-6-10(11)13-14(8)3/h9,12H,4-7H2,1-3H3. The average molecular weight is 193 g/mol. The smallest absolute Gasteiger partial charge is 0.0662 e. The highest BCUT2D eigenvalue weighted by molar-refractivity contribution is 5.32. The van der Waals surface area contributed by atoms with Crippen LogP contribution in [0.1, 0.15) is 35.7 Å². The third-order valence-corrected chi connectivity index (χ3v) is 3.28. The van der Waals surface area contributed by atoms with E-state index in [1.807, 2.05) is 18.8 Å². The van der Waals surface area contributed by atoms with Crippen molar-refractivity contribution in [3.63, 3.8) is 0 Å². The molecule has 1 heterocycles. The van der Waals surface area contributed by atoms with Gasteiger partial charge < -0.3 is 5.32 Å². The highest BCUT2D eigenvalue weighted by Gasteiger charge is 2.25. The fourth-order valence-electron chi connectivity index (χ4n) is 2.52. The number of fused-ring (bicyclic) bond motifs is 1. The van der Waals surface area contributed by atoms with E-state index >= 15 is 0 Å². The molecule has 0 aliphatic heterocycles. The zero-order valence-electron chi connectivity index (χ0n) is 9.30. The van der Waals surface area contributed by atoms with E-state index in [9.17, 15) is 0 Å². The zero-order chi connectivity index (χ0) is 10.1. The van der Waals surface area contributed by atoms with Crippen LogP contribution in [0.2, 0.25) is 0 Å². The minimum Gasteiger partial charge on any atom is -0.319 e. The SMILES string of the molecule is CNCC1CCCc2nn(C)c(C)c21. The number of hydrogen-bond acceptors (Lipinski definition) is 2. The molecule has 0 bridgehead atoms. The molecule has 2 rings (SSSR count). The molecule has 1 N–H and O–H groups in total. The van der Waals surface area contributed by atoms with Crippen LogP contribution in [0.4, 0.5) is 0 Å². The van der Waals surface area contributed by atoms with Gasteiger partial charge >= 0.3 is 0 Å². The molecule has 0 fully saturated rings. The first-order chi connectivity index (χ1) is 6.74. The summed E-state index contributed by atoms with van der Waals surface area (Å²) in [6.45, 7) is 3.26. The highest BCUT2D eigenvalue weighted by atomic mass is 15.3. The summed E-state index contributed by atoms with van der Waals surface area (Å²) >= 11 is 0. The Morgan fingerprint density at radius 1 is 1.57 bits per heavy atom. The van der Waals surface area contributed by atoms with E-state index in [-0.39, 0.29) is 0 Å². The van der Waals surface area contributed by atoms with Crippen molar-refractivity contribution < 1.29 is 0 Å². The monoisotopic (exact) mass is 193 g/mol. The van der Waals surface area contributed by atoms with Crippen molar-refractivity contribution in [2.24, 2.45) is 7.05 Å². The fourth-order valence-corrected chi connectivity index (χ4v) is 2.52. The van der Waals surface area contributed by atoms with Crippen LogP contribution in [0.15, 0.2) is 0 Å². The normalized spacial score (nSPS) is 20.9. The lowest BCUT2D eigenvalue weighted by Crippen LogP contribution is -2.21. The maximum absolute atomic E-state index is 4.57. The van der Waals surface area contributed by atoms with Gasteiger partial charge in [-0.3, -0.25) is 4.68 Å². The van der Waals surface area contributed by atoms with Gasteiger partial charge in [-0.05, 0) is 39.2 Å². The van der Waals surface area contributed by atoms with Gasteiger partial charge in [0.2, 0.25) is 0 Å². The Bertz CT molecular complexity index is 328. The number of hydrogen-bond donors (Lipinski definition) is 1. The fraction of sp³-hybridized carbons (Fsp3) is 0.727. The van der Waals surface area contributed by atoms with Crippen molar-refractivity contribution in [3.05, 3.63) is 17.0 Å². The topological polar surface area (TPSA) is 29.9 Å². The first-order valence-corrected chi connectivity index (χ1v) is 5.41. The molecule has 0 saturated carbocycles. The Hall–Kier alpha value is -0.830. The van der Waals surface area contributed by atoms with Gasteiger partial charge in [0.25, 0.3) is 0 Å². The Morgan fingerprint density at radius 2 is 2.36 bits per heavy atom. The largest absolute Gasteiger partial charge is 0.319 e. The quantitative estimate of drug-likeness (QED) is 0.768. The molecular weight excluding hydrogens is 174 g/mol. The number of aryl methyl sites for hydroxylation is 2. The average Bonchev–Trinajstić information content (AvgIpc) is 2.45. The van der Waals surface area contributed by atoms with Crippen LogP contribution >= 0.6 is 0 Å². The Kier molecular flexibility index (Phi) is 2.59. The van der Waals surface area contributed by atoms with Crippen molar-refractivity contribution in [2.45, 2.75) is 32.1 Å². The van der Waals surface area contributed by atoms with Crippen molar-refractivity contribution in [1.29, 1.82) is 0 Å². The van der Waals surface area contributed by atoms with E-state index in [4.69, 9.17) is 0 Å².